The third kappa shape index (κ3) is 4.29. The molecule has 2 aliphatic rings. The molecular weight excluding hydrogens is 521 g/mol. The monoisotopic (exact) mass is 545 g/mol. The number of amides is 2. The van der Waals surface area contributed by atoms with Gasteiger partial charge in [0.1, 0.15) is 5.82 Å². The lowest BCUT2D eigenvalue weighted by Crippen LogP contribution is -2.45. The third-order valence-corrected chi connectivity index (χ3v) is 8.78. The number of anilines is 2. The van der Waals surface area contributed by atoms with Crippen molar-refractivity contribution in [1.82, 2.24) is 4.98 Å². The molecule has 0 atom stereocenters. The van der Waals surface area contributed by atoms with Crippen molar-refractivity contribution in [2.45, 2.75) is 38.0 Å². The summed E-state index contributed by atoms with van der Waals surface area (Å²) in [5.41, 5.74) is 4.60. The molecule has 192 valence electrons. The number of halogens is 2. The molecule has 1 aliphatic heterocycles. The Morgan fingerprint density at radius 1 is 1.05 bits per heavy atom. The van der Waals surface area contributed by atoms with Crippen LogP contribution in [0.4, 0.5) is 15.2 Å². The normalized spacial score (nSPS) is 15.6. The van der Waals surface area contributed by atoms with Gasteiger partial charge in [-0.05, 0) is 85.8 Å². The van der Waals surface area contributed by atoms with E-state index in [1.807, 2.05) is 43.3 Å². The fourth-order valence-corrected chi connectivity index (χ4v) is 6.35. The second kappa shape index (κ2) is 9.64. The van der Waals surface area contributed by atoms with Crippen molar-refractivity contribution >= 4 is 45.6 Å². The van der Waals surface area contributed by atoms with Gasteiger partial charge in [-0.15, -0.1) is 11.3 Å². The molecule has 6 rings (SSSR count). The number of rotatable bonds is 5. The first-order chi connectivity index (χ1) is 18.3. The number of aryl methyl sites for hydroxylation is 1. The van der Waals surface area contributed by atoms with Crippen LogP contribution in [0.1, 0.15) is 45.6 Å². The fraction of sp³-hybridized carbons (Fsp3) is 0.233. The lowest BCUT2D eigenvalue weighted by Gasteiger charge is -2.40. The number of fused-ring (bicyclic) bond motifs is 1. The average molecular weight is 546 g/mol. The molecule has 3 aromatic carbocycles. The molecule has 1 fully saturated rings. The first-order valence-corrected chi connectivity index (χ1v) is 13.8. The van der Waals surface area contributed by atoms with Crippen LogP contribution in [-0.2, 0) is 16.6 Å². The van der Waals surface area contributed by atoms with Gasteiger partial charge in [-0.25, -0.2) is 9.37 Å². The summed E-state index contributed by atoms with van der Waals surface area (Å²) < 4.78 is 13.3. The predicted molar refractivity (Wildman–Crippen MR) is 150 cm³/mol. The van der Waals surface area contributed by atoms with Gasteiger partial charge in [0.05, 0.1) is 11.1 Å². The predicted octanol–water partition coefficient (Wildman–Crippen LogP) is 7.17. The van der Waals surface area contributed by atoms with E-state index in [1.54, 1.807) is 4.90 Å². The largest absolute Gasteiger partial charge is 0.308 e. The summed E-state index contributed by atoms with van der Waals surface area (Å²) in [6, 6.07) is 19.1. The number of nitrogens with one attached hydrogen (secondary N) is 1. The summed E-state index contributed by atoms with van der Waals surface area (Å²) in [6.07, 6.45) is 3.34. The summed E-state index contributed by atoms with van der Waals surface area (Å²) >= 11 is 7.53. The van der Waals surface area contributed by atoms with Gasteiger partial charge >= 0.3 is 0 Å². The SMILES string of the molecule is Cc1sc(NC(=O)C2(c3ccc(Cl)cc3)CCC2)nc1-c1ccc2c(c1)CCN2C(=O)c1ccc(F)cc1. The highest BCUT2D eigenvalue weighted by molar-refractivity contribution is 7.16. The van der Waals surface area contributed by atoms with E-state index in [1.165, 1.54) is 35.6 Å². The highest BCUT2D eigenvalue weighted by atomic mass is 35.5. The molecule has 0 radical (unpaired) electrons. The molecule has 0 unspecified atom stereocenters. The van der Waals surface area contributed by atoms with Crippen molar-refractivity contribution in [1.29, 1.82) is 0 Å². The molecule has 8 heteroatoms. The minimum atomic E-state index is -0.543. The second-order valence-corrected chi connectivity index (χ2v) is 11.5. The minimum absolute atomic E-state index is 0.0322. The Morgan fingerprint density at radius 2 is 1.79 bits per heavy atom. The van der Waals surface area contributed by atoms with E-state index >= 15 is 0 Å². The first kappa shape index (κ1) is 24.8. The van der Waals surface area contributed by atoms with Crippen molar-refractivity contribution in [3.63, 3.8) is 0 Å². The van der Waals surface area contributed by atoms with E-state index in [2.05, 4.69) is 11.4 Å². The van der Waals surface area contributed by atoms with Crippen LogP contribution in [0.25, 0.3) is 11.3 Å². The van der Waals surface area contributed by atoms with Gasteiger partial charge in [0.2, 0.25) is 5.91 Å². The van der Waals surface area contributed by atoms with Gasteiger partial charge in [0.15, 0.2) is 5.13 Å². The van der Waals surface area contributed by atoms with Gasteiger partial charge in [0, 0.05) is 33.3 Å². The van der Waals surface area contributed by atoms with E-state index in [9.17, 15) is 14.0 Å². The Morgan fingerprint density at radius 3 is 2.47 bits per heavy atom. The zero-order valence-electron chi connectivity index (χ0n) is 20.8. The lowest BCUT2D eigenvalue weighted by atomic mass is 9.64. The molecule has 1 saturated carbocycles. The van der Waals surface area contributed by atoms with Crippen LogP contribution in [0.3, 0.4) is 0 Å². The molecule has 1 aromatic heterocycles. The van der Waals surface area contributed by atoms with Crippen molar-refractivity contribution in [3.8, 4) is 11.3 Å². The molecule has 0 bridgehead atoms. The number of hydrogen-bond donors (Lipinski definition) is 1. The van der Waals surface area contributed by atoms with E-state index in [0.29, 0.717) is 22.3 Å². The molecule has 38 heavy (non-hydrogen) atoms. The lowest BCUT2D eigenvalue weighted by molar-refractivity contribution is -0.124. The van der Waals surface area contributed by atoms with Gasteiger partial charge < -0.3 is 10.2 Å². The maximum atomic E-state index is 13.4. The van der Waals surface area contributed by atoms with Crippen molar-refractivity contribution in [3.05, 3.63) is 99.1 Å². The summed E-state index contributed by atoms with van der Waals surface area (Å²) in [4.78, 5) is 34.0. The van der Waals surface area contributed by atoms with Crippen LogP contribution in [0.2, 0.25) is 5.02 Å². The Hall–Kier alpha value is -3.55. The Kier molecular flexibility index (Phi) is 6.28. The molecule has 2 amide bonds. The molecule has 0 saturated heterocycles. The van der Waals surface area contributed by atoms with E-state index in [4.69, 9.17) is 16.6 Å². The van der Waals surface area contributed by atoms with Gasteiger partial charge in [-0.1, -0.05) is 36.2 Å². The Bertz CT molecular complexity index is 1540. The zero-order valence-corrected chi connectivity index (χ0v) is 22.3. The van der Waals surface area contributed by atoms with Crippen LogP contribution in [0.5, 0.6) is 0 Å². The van der Waals surface area contributed by atoms with Crippen LogP contribution >= 0.6 is 22.9 Å². The number of hydrogen-bond acceptors (Lipinski definition) is 4. The number of thiazole rings is 1. The van der Waals surface area contributed by atoms with Gasteiger partial charge in [-0.3, -0.25) is 9.59 Å². The highest BCUT2D eigenvalue weighted by Gasteiger charge is 2.46. The second-order valence-electron chi connectivity index (χ2n) is 9.88. The first-order valence-electron chi connectivity index (χ1n) is 12.6. The highest BCUT2D eigenvalue weighted by Crippen LogP contribution is 2.45. The van der Waals surface area contributed by atoms with Gasteiger partial charge in [-0.2, -0.15) is 0 Å². The maximum absolute atomic E-state index is 13.4. The van der Waals surface area contributed by atoms with Crippen molar-refractivity contribution < 1.29 is 14.0 Å². The molecule has 2 heterocycles. The van der Waals surface area contributed by atoms with Crippen LogP contribution in [0.15, 0.2) is 66.7 Å². The third-order valence-electron chi connectivity index (χ3n) is 7.64. The van der Waals surface area contributed by atoms with E-state index < -0.39 is 5.41 Å². The smallest absolute Gasteiger partial charge is 0.258 e. The average Bonchev–Trinajstić information content (AvgIpc) is 3.47. The summed E-state index contributed by atoms with van der Waals surface area (Å²) in [5.74, 6) is -0.540. The molecular formula is C30H25ClFN3O2S. The van der Waals surface area contributed by atoms with Crippen molar-refractivity contribution in [2.75, 3.05) is 16.8 Å². The van der Waals surface area contributed by atoms with Crippen LogP contribution in [-0.4, -0.2) is 23.3 Å². The number of aromatic nitrogens is 1. The van der Waals surface area contributed by atoms with Crippen molar-refractivity contribution in [2.24, 2.45) is 0 Å². The van der Waals surface area contributed by atoms with Crippen LogP contribution < -0.4 is 10.2 Å². The van der Waals surface area contributed by atoms with Crippen LogP contribution in [0, 0.1) is 12.7 Å². The Labute approximate surface area is 229 Å². The molecule has 1 N–H and O–H groups in total. The topological polar surface area (TPSA) is 62.3 Å². The number of benzene rings is 3. The minimum Gasteiger partial charge on any atom is -0.308 e. The van der Waals surface area contributed by atoms with E-state index in [0.717, 1.165) is 58.6 Å². The fourth-order valence-electron chi connectivity index (χ4n) is 5.39. The Balaban J connectivity index is 1.22. The number of carbonyl (C=O) groups excluding carboxylic acids is 2. The molecule has 4 aromatic rings. The quantitative estimate of drug-likeness (QED) is 0.289. The zero-order chi connectivity index (χ0) is 26.4. The van der Waals surface area contributed by atoms with Gasteiger partial charge in [0.25, 0.3) is 5.91 Å². The summed E-state index contributed by atoms with van der Waals surface area (Å²) in [6.45, 7) is 2.57. The number of nitrogens with zero attached hydrogens (tertiary/aromatic N) is 2. The maximum Gasteiger partial charge on any atom is 0.258 e. The summed E-state index contributed by atoms with van der Waals surface area (Å²) in [7, 11) is 0. The molecule has 0 spiro atoms. The van der Waals surface area contributed by atoms with E-state index in [-0.39, 0.29) is 17.6 Å². The standard InChI is InChI=1S/C30H25ClFN3O2S/c1-18-26(33-29(38-18)34-28(37)30(14-2-15-30)22-6-8-23(31)9-7-22)21-5-12-25-20(17-21)13-16-35(25)27(36)19-3-10-24(32)11-4-19/h3-12,17H,2,13-16H2,1H3,(H,33,34,37). The molecule has 1 aliphatic carbocycles. The number of carbonyl (C=O) groups is 2. The summed E-state index contributed by atoms with van der Waals surface area (Å²) in [5, 5.41) is 4.31. The molecule has 5 nitrogen and oxygen atoms in total.